The molecule has 2 aromatic rings. The molecule has 0 radical (unpaired) electrons. The van der Waals surface area contributed by atoms with Crippen molar-refractivity contribution in [2.24, 2.45) is 0 Å². The Kier molecular flexibility index (Phi) is 4.90. The molecule has 3 nitrogen and oxygen atoms in total. The van der Waals surface area contributed by atoms with E-state index in [-0.39, 0.29) is 5.91 Å². The molecule has 1 heterocycles. The topological polar surface area (TPSA) is 42.0 Å². The number of carbonyl (C=O) groups excluding carboxylic acids is 1. The molecule has 0 fully saturated rings. The van der Waals surface area contributed by atoms with Gasteiger partial charge in [-0.05, 0) is 52.0 Å². The normalized spacial score (nSPS) is 11.9. The zero-order valence-corrected chi connectivity index (χ0v) is 13.1. The van der Waals surface area contributed by atoms with Gasteiger partial charge in [-0.25, -0.2) is 0 Å². The average molecular weight is 333 g/mol. The number of carbonyl (C=O) groups is 1. The molecule has 4 heteroatoms. The van der Waals surface area contributed by atoms with Crippen LogP contribution >= 0.6 is 15.9 Å². The first-order chi connectivity index (χ1) is 9.60. The summed E-state index contributed by atoms with van der Waals surface area (Å²) in [6, 6.07) is 9.73. The third kappa shape index (κ3) is 3.67. The lowest BCUT2D eigenvalue weighted by molar-refractivity contribution is 0.102. The summed E-state index contributed by atoms with van der Waals surface area (Å²) in [4.78, 5) is 16.1. The summed E-state index contributed by atoms with van der Waals surface area (Å²) >= 11 is 3.31. The van der Waals surface area contributed by atoms with Crippen molar-refractivity contribution in [1.29, 1.82) is 0 Å². The quantitative estimate of drug-likeness (QED) is 0.888. The van der Waals surface area contributed by atoms with E-state index in [2.05, 4.69) is 52.2 Å². The number of nitrogens with zero attached hydrogens (tertiary/aromatic N) is 1. The van der Waals surface area contributed by atoms with Crippen LogP contribution in [0.4, 0.5) is 5.69 Å². The highest BCUT2D eigenvalue weighted by atomic mass is 79.9. The predicted octanol–water partition coefficient (Wildman–Crippen LogP) is 4.61. The summed E-state index contributed by atoms with van der Waals surface area (Å²) in [5, 5.41) is 2.87. The van der Waals surface area contributed by atoms with Crippen LogP contribution in [0.25, 0.3) is 0 Å². The van der Waals surface area contributed by atoms with Crippen LogP contribution in [-0.4, -0.2) is 10.9 Å². The maximum Gasteiger partial charge on any atom is 0.257 e. The lowest BCUT2D eigenvalue weighted by Gasteiger charge is -2.10. The molecule has 0 aliphatic rings. The highest BCUT2D eigenvalue weighted by Gasteiger charge is 2.08. The Balaban J connectivity index is 2.08. The van der Waals surface area contributed by atoms with Gasteiger partial charge in [-0.3, -0.25) is 9.78 Å². The van der Waals surface area contributed by atoms with Gasteiger partial charge in [0.05, 0.1) is 5.56 Å². The monoisotopic (exact) mass is 332 g/mol. The van der Waals surface area contributed by atoms with Crippen LogP contribution in [0.1, 0.15) is 42.1 Å². The van der Waals surface area contributed by atoms with Crippen LogP contribution in [0.2, 0.25) is 0 Å². The molecule has 0 saturated heterocycles. The zero-order valence-electron chi connectivity index (χ0n) is 11.6. The average Bonchev–Trinajstić information content (AvgIpc) is 2.47. The van der Waals surface area contributed by atoms with Gasteiger partial charge in [0.1, 0.15) is 0 Å². The molecular formula is C16H17BrN2O. The maximum absolute atomic E-state index is 12.1. The van der Waals surface area contributed by atoms with Crippen molar-refractivity contribution in [1.82, 2.24) is 4.98 Å². The number of aromatic nitrogens is 1. The molecule has 1 unspecified atom stereocenters. The highest BCUT2D eigenvalue weighted by molar-refractivity contribution is 9.10. The van der Waals surface area contributed by atoms with E-state index >= 15 is 0 Å². The summed E-state index contributed by atoms with van der Waals surface area (Å²) in [6.07, 6.45) is 4.31. The van der Waals surface area contributed by atoms with Crippen LogP contribution in [0.15, 0.2) is 47.2 Å². The summed E-state index contributed by atoms with van der Waals surface area (Å²) in [5.74, 6) is 0.379. The van der Waals surface area contributed by atoms with E-state index in [0.717, 1.165) is 16.6 Å². The zero-order chi connectivity index (χ0) is 14.5. The number of anilines is 1. The van der Waals surface area contributed by atoms with E-state index in [1.165, 1.54) is 5.56 Å². The number of benzene rings is 1. The molecule has 0 aliphatic carbocycles. The van der Waals surface area contributed by atoms with Crippen molar-refractivity contribution in [3.8, 4) is 0 Å². The van der Waals surface area contributed by atoms with Gasteiger partial charge >= 0.3 is 0 Å². The van der Waals surface area contributed by atoms with Gasteiger partial charge in [0.15, 0.2) is 0 Å². The first-order valence-electron chi connectivity index (χ1n) is 6.62. The fourth-order valence-corrected chi connectivity index (χ4v) is 2.23. The van der Waals surface area contributed by atoms with E-state index in [1.54, 1.807) is 18.5 Å². The summed E-state index contributed by atoms with van der Waals surface area (Å²) in [6.45, 7) is 4.36. The number of pyridine rings is 1. The maximum atomic E-state index is 12.1. The van der Waals surface area contributed by atoms with Gasteiger partial charge in [0.2, 0.25) is 0 Å². The second-order valence-corrected chi connectivity index (χ2v) is 5.69. The lowest BCUT2D eigenvalue weighted by atomic mass is 9.99. The van der Waals surface area contributed by atoms with Crippen molar-refractivity contribution in [2.75, 3.05) is 5.32 Å². The van der Waals surface area contributed by atoms with Gasteiger partial charge in [0, 0.05) is 22.6 Å². The third-order valence-corrected chi connectivity index (χ3v) is 3.75. The van der Waals surface area contributed by atoms with Crippen molar-refractivity contribution in [3.63, 3.8) is 0 Å². The van der Waals surface area contributed by atoms with Gasteiger partial charge in [-0.2, -0.15) is 0 Å². The molecule has 2 rings (SSSR count). The van der Waals surface area contributed by atoms with Gasteiger partial charge in [0.25, 0.3) is 5.91 Å². The Hall–Kier alpha value is -1.68. The summed E-state index contributed by atoms with van der Waals surface area (Å²) in [7, 11) is 0. The minimum absolute atomic E-state index is 0.157. The third-order valence-electron chi connectivity index (χ3n) is 3.32. The fraction of sp³-hybridized carbons (Fsp3) is 0.250. The minimum Gasteiger partial charge on any atom is -0.322 e. The fourth-order valence-electron chi connectivity index (χ4n) is 1.87. The Labute approximate surface area is 127 Å². The first kappa shape index (κ1) is 14.7. The van der Waals surface area contributed by atoms with Gasteiger partial charge in [-0.1, -0.05) is 26.0 Å². The molecule has 1 amide bonds. The van der Waals surface area contributed by atoms with Gasteiger partial charge in [-0.15, -0.1) is 0 Å². The predicted molar refractivity (Wildman–Crippen MR) is 85.0 cm³/mol. The van der Waals surface area contributed by atoms with E-state index in [9.17, 15) is 4.79 Å². The second kappa shape index (κ2) is 6.66. The van der Waals surface area contributed by atoms with E-state index < -0.39 is 0 Å². The van der Waals surface area contributed by atoms with Crippen LogP contribution in [-0.2, 0) is 0 Å². The molecule has 0 aliphatic heterocycles. The Morgan fingerprint density at radius 3 is 2.60 bits per heavy atom. The van der Waals surface area contributed by atoms with E-state index in [0.29, 0.717) is 11.5 Å². The lowest BCUT2D eigenvalue weighted by Crippen LogP contribution is -2.12. The van der Waals surface area contributed by atoms with Crippen molar-refractivity contribution in [2.45, 2.75) is 26.2 Å². The largest absolute Gasteiger partial charge is 0.322 e. The molecule has 0 bridgehead atoms. The molecule has 104 valence electrons. The number of hydrogen-bond donors (Lipinski definition) is 1. The molecule has 1 aromatic heterocycles. The summed E-state index contributed by atoms with van der Waals surface area (Å²) < 4.78 is 0.789. The van der Waals surface area contributed by atoms with Crippen molar-refractivity contribution < 1.29 is 4.79 Å². The standard InChI is InChI=1S/C16H17BrN2O/c1-3-11(2)12-4-6-15(7-5-12)19-16(20)13-8-14(17)10-18-9-13/h4-11H,3H2,1-2H3,(H,19,20). The van der Waals surface area contributed by atoms with Crippen LogP contribution in [0, 0.1) is 0 Å². The van der Waals surface area contributed by atoms with Gasteiger partial charge < -0.3 is 5.32 Å². The molecule has 0 saturated carbocycles. The number of amides is 1. The Bertz CT molecular complexity index is 596. The molecule has 1 atom stereocenters. The number of rotatable bonds is 4. The SMILES string of the molecule is CCC(C)c1ccc(NC(=O)c2cncc(Br)c2)cc1. The van der Waals surface area contributed by atoms with Crippen LogP contribution in [0.3, 0.4) is 0 Å². The van der Waals surface area contributed by atoms with Crippen molar-refractivity contribution >= 4 is 27.5 Å². The molecule has 1 aromatic carbocycles. The van der Waals surface area contributed by atoms with Crippen LogP contribution in [0.5, 0.6) is 0 Å². The molecular weight excluding hydrogens is 316 g/mol. The summed E-state index contributed by atoms with van der Waals surface area (Å²) in [5.41, 5.74) is 2.61. The van der Waals surface area contributed by atoms with E-state index in [4.69, 9.17) is 0 Å². The van der Waals surface area contributed by atoms with Crippen molar-refractivity contribution in [3.05, 3.63) is 58.3 Å². The Morgan fingerprint density at radius 2 is 2.00 bits per heavy atom. The Morgan fingerprint density at radius 1 is 1.30 bits per heavy atom. The highest BCUT2D eigenvalue weighted by Crippen LogP contribution is 2.21. The first-order valence-corrected chi connectivity index (χ1v) is 7.41. The molecule has 1 N–H and O–H groups in total. The molecule has 20 heavy (non-hydrogen) atoms. The number of hydrogen-bond acceptors (Lipinski definition) is 2. The smallest absolute Gasteiger partial charge is 0.257 e. The number of nitrogens with one attached hydrogen (secondary N) is 1. The minimum atomic E-state index is -0.157. The van der Waals surface area contributed by atoms with Crippen LogP contribution < -0.4 is 5.32 Å². The second-order valence-electron chi connectivity index (χ2n) is 4.78. The number of halogens is 1. The molecule has 0 spiro atoms. The van der Waals surface area contributed by atoms with E-state index in [1.807, 2.05) is 12.1 Å².